The van der Waals surface area contributed by atoms with Crippen molar-refractivity contribution in [2.45, 2.75) is 24.8 Å². The molecule has 2 aliphatic heterocycles. The van der Waals surface area contributed by atoms with Gasteiger partial charge in [-0.3, -0.25) is 9.69 Å². The van der Waals surface area contributed by atoms with Crippen molar-refractivity contribution < 1.29 is 14.1 Å². The molecule has 1 atom stereocenters. The third kappa shape index (κ3) is 3.00. The molecule has 1 unspecified atom stereocenters. The van der Waals surface area contributed by atoms with Crippen LogP contribution in [0.4, 0.5) is 0 Å². The van der Waals surface area contributed by atoms with Gasteiger partial charge in [-0.15, -0.1) is 0 Å². The highest BCUT2D eigenvalue weighted by molar-refractivity contribution is 5.95. The van der Waals surface area contributed by atoms with E-state index in [1.807, 2.05) is 4.90 Å². The van der Waals surface area contributed by atoms with Gasteiger partial charge in [0.05, 0.1) is 19.1 Å². The Morgan fingerprint density at radius 2 is 2.04 bits per heavy atom. The predicted octanol–water partition coefficient (Wildman–Crippen LogP) is 2.08. The van der Waals surface area contributed by atoms with Crippen LogP contribution < -0.4 is 4.74 Å². The molecule has 0 saturated carbocycles. The molecule has 7 nitrogen and oxygen atoms in total. The molecule has 2 aliphatic rings. The highest BCUT2D eigenvalue weighted by atomic mass is 16.5. The highest BCUT2D eigenvalue weighted by Crippen LogP contribution is 2.32. The van der Waals surface area contributed by atoms with E-state index in [4.69, 9.17) is 9.26 Å². The molecule has 25 heavy (non-hydrogen) atoms. The van der Waals surface area contributed by atoms with Crippen LogP contribution in [0.15, 0.2) is 28.8 Å². The van der Waals surface area contributed by atoms with Crippen molar-refractivity contribution in [2.75, 3.05) is 33.8 Å². The van der Waals surface area contributed by atoms with Gasteiger partial charge in [-0.25, -0.2) is 0 Å². The molecule has 1 aromatic heterocycles. The number of hydrogen-bond acceptors (Lipinski definition) is 6. The summed E-state index contributed by atoms with van der Waals surface area (Å²) in [6.07, 6.45) is 2.22. The first-order valence-electron chi connectivity index (χ1n) is 8.63. The van der Waals surface area contributed by atoms with Crippen LogP contribution in [0.5, 0.6) is 5.75 Å². The number of benzene rings is 1. The van der Waals surface area contributed by atoms with Gasteiger partial charge >= 0.3 is 0 Å². The molecule has 1 aromatic carbocycles. The van der Waals surface area contributed by atoms with Crippen LogP contribution in [-0.4, -0.2) is 59.6 Å². The van der Waals surface area contributed by atoms with E-state index in [9.17, 15) is 4.79 Å². The number of nitrogens with zero attached hydrogens (tertiary/aromatic N) is 4. The van der Waals surface area contributed by atoms with Gasteiger partial charge in [-0.2, -0.15) is 4.98 Å². The number of aromatic nitrogens is 2. The number of hydrogen-bond donors (Lipinski definition) is 0. The van der Waals surface area contributed by atoms with Crippen LogP contribution in [0.1, 0.15) is 46.9 Å². The summed E-state index contributed by atoms with van der Waals surface area (Å²) in [5.41, 5.74) is 0.667. The van der Waals surface area contributed by atoms with E-state index in [-0.39, 0.29) is 17.9 Å². The van der Waals surface area contributed by atoms with Gasteiger partial charge in [0.2, 0.25) is 5.89 Å². The second kappa shape index (κ2) is 6.48. The molecule has 0 radical (unpaired) electrons. The molecular weight excluding hydrogens is 320 g/mol. The minimum Gasteiger partial charge on any atom is -0.497 e. The third-order valence-corrected chi connectivity index (χ3v) is 5.13. The summed E-state index contributed by atoms with van der Waals surface area (Å²) in [5.74, 6) is 2.35. The Bertz CT molecular complexity index is 752. The van der Waals surface area contributed by atoms with Crippen LogP contribution in [-0.2, 0) is 0 Å². The minimum absolute atomic E-state index is 0.0261. The van der Waals surface area contributed by atoms with Gasteiger partial charge in [0.1, 0.15) is 5.75 Å². The van der Waals surface area contributed by atoms with Crippen molar-refractivity contribution in [1.82, 2.24) is 19.9 Å². The van der Waals surface area contributed by atoms with Crippen molar-refractivity contribution in [1.29, 1.82) is 0 Å². The lowest BCUT2D eigenvalue weighted by Crippen LogP contribution is -2.48. The van der Waals surface area contributed by atoms with Crippen LogP contribution in [0.2, 0.25) is 0 Å². The first-order chi connectivity index (χ1) is 12.2. The number of ether oxygens (including phenoxy) is 1. The summed E-state index contributed by atoms with van der Waals surface area (Å²) in [5, 5.41) is 4.14. The SMILES string of the molecule is COc1ccc(C(=O)N2CC(c3noc(C4CCCN4C)n3)C2)cc1. The lowest BCUT2D eigenvalue weighted by Gasteiger charge is -2.37. The molecule has 132 valence electrons. The number of carbonyl (C=O) groups excluding carboxylic acids is 1. The van der Waals surface area contributed by atoms with E-state index in [0.717, 1.165) is 25.1 Å². The van der Waals surface area contributed by atoms with Crippen molar-refractivity contribution in [3.05, 3.63) is 41.5 Å². The largest absolute Gasteiger partial charge is 0.497 e. The van der Waals surface area contributed by atoms with E-state index in [2.05, 4.69) is 22.1 Å². The first kappa shape index (κ1) is 16.1. The number of rotatable bonds is 4. The minimum atomic E-state index is 0.0261. The Labute approximate surface area is 146 Å². The predicted molar refractivity (Wildman–Crippen MR) is 90.5 cm³/mol. The lowest BCUT2D eigenvalue weighted by molar-refractivity contribution is 0.0592. The Morgan fingerprint density at radius 3 is 2.68 bits per heavy atom. The third-order valence-electron chi connectivity index (χ3n) is 5.13. The molecule has 7 heteroatoms. The van der Waals surface area contributed by atoms with Crippen molar-refractivity contribution >= 4 is 5.91 Å². The number of carbonyl (C=O) groups is 1. The lowest BCUT2D eigenvalue weighted by atomic mass is 9.98. The van der Waals surface area contributed by atoms with Crippen LogP contribution >= 0.6 is 0 Å². The molecule has 1 amide bonds. The van der Waals surface area contributed by atoms with E-state index in [0.29, 0.717) is 30.4 Å². The maximum absolute atomic E-state index is 12.5. The fourth-order valence-corrected chi connectivity index (χ4v) is 3.49. The molecule has 2 fully saturated rings. The summed E-state index contributed by atoms with van der Waals surface area (Å²) in [6, 6.07) is 7.41. The van der Waals surface area contributed by atoms with Crippen molar-refractivity contribution in [3.63, 3.8) is 0 Å². The summed E-state index contributed by atoms with van der Waals surface area (Å²) in [6.45, 7) is 2.32. The second-order valence-electron chi connectivity index (χ2n) is 6.77. The highest BCUT2D eigenvalue weighted by Gasteiger charge is 2.36. The fraction of sp³-hybridized carbons (Fsp3) is 0.500. The average molecular weight is 342 g/mol. The average Bonchev–Trinajstić information content (AvgIpc) is 3.22. The smallest absolute Gasteiger partial charge is 0.253 e. The van der Waals surface area contributed by atoms with Crippen LogP contribution in [0, 0.1) is 0 Å². The maximum atomic E-state index is 12.5. The number of methoxy groups -OCH3 is 1. The molecule has 0 bridgehead atoms. The molecule has 2 aromatic rings. The van der Waals surface area contributed by atoms with E-state index in [1.165, 1.54) is 0 Å². The maximum Gasteiger partial charge on any atom is 0.253 e. The summed E-state index contributed by atoms with van der Waals surface area (Å²) >= 11 is 0. The Hall–Kier alpha value is -2.41. The Kier molecular flexibility index (Phi) is 4.17. The van der Waals surface area contributed by atoms with Gasteiger partial charge in [0.15, 0.2) is 5.82 Å². The second-order valence-corrected chi connectivity index (χ2v) is 6.77. The quantitative estimate of drug-likeness (QED) is 0.847. The first-order valence-corrected chi connectivity index (χ1v) is 8.63. The molecule has 0 spiro atoms. The molecule has 4 rings (SSSR count). The zero-order chi connectivity index (χ0) is 17.4. The van der Waals surface area contributed by atoms with Gasteiger partial charge in [0, 0.05) is 18.7 Å². The van der Waals surface area contributed by atoms with Crippen LogP contribution in [0.3, 0.4) is 0 Å². The van der Waals surface area contributed by atoms with Gasteiger partial charge in [-0.05, 0) is 50.7 Å². The number of likely N-dealkylation sites (tertiary alicyclic amines) is 2. The Morgan fingerprint density at radius 1 is 1.28 bits per heavy atom. The van der Waals surface area contributed by atoms with E-state index < -0.39 is 0 Å². The van der Waals surface area contributed by atoms with E-state index >= 15 is 0 Å². The van der Waals surface area contributed by atoms with Crippen molar-refractivity contribution in [3.8, 4) is 5.75 Å². The molecular formula is C18H22N4O3. The fourth-order valence-electron chi connectivity index (χ4n) is 3.49. The Balaban J connectivity index is 1.37. The molecule has 0 N–H and O–H groups in total. The summed E-state index contributed by atoms with van der Waals surface area (Å²) in [7, 11) is 3.69. The van der Waals surface area contributed by atoms with E-state index in [1.54, 1.807) is 31.4 Å². The topological polar surface area (TPSA) is 71.7 Å². The van der Waals surface area contributed by atoms with Crippen LogP contribution in [0.25, 0.3) is 0 Å². The number of amides is 1. The zero-order valence-corrected chi connectivity index (χ0v) is 14.5. The summed E-state index contributed by atoms with van der Waals surface area (Å²) < 4.78 is 10.6. The van der Waals surface area contributed by atoms with Gasteiger partial charge in [-0.1, -0.05) is 5.16 Å². The van der Waals surface area contributed by atoms with Gasteiger partial charge in [0.25, 0.3) is 5.91 Å². The standard InChI is InChI=1S/C18H22N4O3/c1-21-9-3-4-15(21)17-19-16(20-25-17)13-10-22(11-13)18(23)12-5-7-14(24-2)8-6-12/h5-8,13,15H,3-4,9-11H2,1-2H3. The summed E-state index contributed by atoms with van der Waals surface area (Å²) in [4.78, 5) is 21.1. The monoisotopic (exact) mass is 342 g/mol. The molecule has 2 saturated heterocycles. The van der Waals surface area contributed by atoms with Gasteiger partial charge < -0.3 is 14.2 Å². The molecule has 3 heterocycles. The molecule has 0 aliphatic carbocycles. The van der Waals surface area contributed by atoms with Crippen molar-refractivity contribution in [2.24, 2.45) is 0 Å². The zero-order valence-electron chi connectivity index (χ0n) is 14.5. The normalized spacial score (nSPS) is 21.4.